The largest absolute Gasteiger partial charge is 0.379 e. The van der Waals surface area contributed by atoms with Crippen LogP contribution in [0.5, 0.6) is 0 Å². The Morgan fingerprint density at radius 2 is 1.58 bits per heavy atom. The molecule has 2 N–H and O–H groups in total. The molecule has 0 saturated carbocycles. The molecule has 1 saturated heterocycles. The number of ether oxygens (including phenoxy) is 1. The SMILES string of the molecule is O=C(NCC(=O)N1CCc2ccccc2C1)NCc1ccccc1CN1CCOCC1. The van der Waals surface area contributed by atoms with Gasteiger partial charge in [0.15, 0.2) is 0 Å². The summed E-state index contributed by atoms with van der Waals surface area (Å²) >= 11 is 0. The standard InChI is InChI=1S/C24H30N4O3/c29-23(28-10-9-19-5-1-3-8-22(19)18-28)16-26-24(30)25-15-20-6-2-4-7-21(20)17-27-11-13-31-14-12-27/h1-8H,9-18H2,(H2,25,26,30). The first-order chi connectivity index (χ1) is 15.2. The normalized spacial score (nSPS) is 16.5. The quantitative estimate of drug-likeness (QED) is 0.746. The first kappa shape index (κ1) is 21.3. The second kappa shape index (κ2) is 10.4. The molecule has 7 heteroatoms. The molecule has 0 radical (unpaired) electrons. The van der Waals surface area contributed by atoms with Crippen LogP contribution in [0.25, 0.3) is 0 Å². The Kier molecular flexibility index (Phi) is 7.17. The van der Waals surface area contributed by atoms with Crippen LogP contribution in [0.2, 0.25) is 0 Å². The molecule has 1 fully saturated rings. The topological polar surface area (TPSA) is 73.9 Å². The second-order valence-corrected chi connectivity index (χ2v) is 8.03. The molecule has 2 aliphatic heterocycles. The van der Waals surface area contributed by atoms with E-state index < -0.39 is 0 Å². The number of urea groups is 1. The average Bonchev–Trinajstić information content (AvgIpc) is 2.82. The summed E-state index contributed by atoms with van der Waals surface area (Å²) in [7, 11) is 0. The van der Waals surface area contributed by atoms with Crippen LogP contribution in [-0.2, 0) is 35.6 Å². The lowest BCUT2D eigenvalue weighted by molar-refractivity contribution is -0.130. The summed E-state index contributed by atoms with van der Waals surface area (Å²) in [6.07, 6.45) is 0.855. The van der Waals surface area contributed by atoms with E-state index in [1.54, 1.807) is 4.90 Å². The van der Waals surface area contributed by atoms with E-state index in [0.717, 1.165) is 44.8 Å². The Bertz CT molecular complexity index is 911. The van der Waals surface area contributed by atoms with Gasteiger partial charge in [-0.15, -0.1) is 0 Å². The number of nitrogens with one attached hydrogen (secondary N) is 2. The number of benzene rings is 2. The van der Waals surface area contributed by atoms with Crippen molar-refractivity contribution in [1.29, 1.82) is 0 Å². The molecule has 7 nitrogen and oxygen atoms in total. The summed E-state index contributed by atoms with van der Waals surface area (Å²) in [5.41, 5.74) is 4.77. The molecule has 0 atom stereocenters. The Morgan fingerprint density at radius 3 is 2.39 bits per heavy atom. The van der Waals surface area contributed by atoms with Crippen LogP contribution in [0.3, 0.4) is 0 Å². The third-order valence-corrected chi connectivity index (χ3v) is 5.94. The Balaban J connectivity index is 1.23. The van der Waals surface area contributed by atoms with E-state index in [2.05, 4.69) is 33.7 Å². The molecule has 0 aliphatic carbocycles. The zero-order valence-corrected chi connectivity index (χ0v) is 17.8. The van der Waals surface area contributed by atoms with E-state index >= 15 is 0 Å². The molecular formula is C24H30N4O3. The van der Waals surface area contributed by atoms with Crippen molar-refractivity contribution in [1.82, 2.24) is 20.4 Å². The lowest BCUT2D eigenvalue weighted by Crippen LogP contribution is -2.45. The maximum absolute atomic E-state index is 12.5. The maximum atomic E-state index is 12.5. The minimum absolute atomic E-state index is 0.00340. The second-order valence-electron chi connectivity index (χ2n) is 8.03. The third-order valence-electron chi connectivity index (χ3n) is 5.94. The molecule has 0 spiro atoms. The summed E-state index contributed by atoms with van der Waals surface area (Å²) in [6, 6.07) is 16.0. The van der Waals surface area contributed by atoms with Gasteiger partial charge >= 0.3 is 6.03 Å². The lowest BCUT2D eigenvalue weighted by atomic mass is 10.00. The van der Waals surface area contributed by atoms with Gasteiger partial charge in [0, 0.05) is 39.3 Å². The highest BCUT2D eigenvalue weighted by Crippen LogP contribution is 2.18. The van der Waals surface area contributed by atoms with Crippen molar-refractivity contribution in [3.8, 4) is 0 Å². The lowest BCUT2D eigenvalue weighted by Gasteiger charge is -2.29. The van der Waals surface area contributed by atoms with Crippen LogP contribution in [0.15, 0.2) is 48.5 Å². The van der Waals surface area contributed by atoms with Crippen molar-refractivity contribution in [3.05, 3.63) is 70.8 Å². The van der Waals surface area contributed by atoms with Crippen molar-refractivity contribution in [3.63, 3.8) is 0 Å². The average molecular weight is 423 g/mol. The summed E-state index contributed by atoms with van der Waals surface area (Å²) in [5, 5.41) is 5.59. The van der Waals surface area contributed by atoms with Gasteiger partial charge in [-0.1, -0.05) is 48.5 Å². The maximum Gasteiger partial charge on any atom is 0.315 e. The van der Waals surface area contributed by atoms with Gasteiger partial charge < -0.3 is 20.3 Å². The number of amides is 3. The number of nitrogens with zero attached hydrogens (tertiary/aromatic N) is 2. The predicted molar refractivity (Wildman–Crippen MR) is 118 cm³/mol. The van der Waals surface area contributed by atoms with Crippen molar-refractivity contribution in [2.45, 2.75) is 26.1 Å². The number of rotatable bonds is 6. The van der Waals surface area contributed by atoms with Crippen LogP contribution in [0.1, 0.15) is 22.3 Å². The molecule has 2 heterocycles. The molecule has 0 aromatic heterocycles. The summed E-state index contributed by atoms with van der Waals surface area (Å²) < 4.78 is 5.42. The number of carbonyl (C=O) groups excluding carboxylic acids is 2. The Morgan fingerprint density at radius 1 is 0.871 bits per heavy atom. The van der Waals surface area contributed by atoms with E-state index in [-0.39, 0.29) is 18.5 Å². The fraction of sp³-hybridized carbons (Fsp3) is 0.417. The molecule has 0 unspecified atom stereocenters. The Hall–Kier alpha value is -2.90. The first-order valence-electron chi connectivity index (χ1n) is 10.9. The van der Waals surface area contributed by atoms with Crippen LogP contribution >= 0.6 is 0 Å². The summed E-state index contributed by atoms with van der Waals surface area (Å²) in [5.74, 6) is -0.0580. The van der Waals surface area contributed by atoms with Gasteiger partial charge in [-0.05, 0) is 28.7 Å². The minimum atomic E-state index is -0.327. The molecule has 31 heavy (non-hydrogen) atoms. The number of carbonyl (C=O) groups is 2. The first-order valence-corrected chi connectivity index (χ1v) is 10.9. The minimum Gasteiger partial charge on any atom is -0.379 e. The zero-order valence-electron chi connectivity index (χ0n) is 17.8. The van der Waals surface area contributed by atoms with Crippen molar-refractivity contribution in [2.75, 3.05) is 39.4 Å². The van der Waals surface area contributed by atoms with Crippen LogP contribution < -0.4 is 10.6 Å². The molecule has 3 amide bonds. The fourth-order valence-electron chi connectivity index (χ4n) is 4.10. The smallest absolute Gasteiger partial charge is 0.315 e. The van der Waals surface area contributed by atoms with Gasteiger partial charge in [0.2, 0.25) is 5.91 Å². The zero-order chi connectivity index (χ0) is 21.5. The van der Waals surface area contributed by atoms with Gasteiger partial charge in [0.05, 0.1) is 19.8 Å². The molecule has 164 valence electrons. The van der Waals surface area contributed by atoms with Crippen molar-refractivity contribution < 1.29 is 14.3 Å². The highest BCUT2D eigenvalue weighted by atomic mass is 16.5. The number of fused-ring (bicyclic) bond motifs is 1. The molecule has 2 aromatic rings. The number of hydrogen-bond donors (Lipinski definition) is 2. The molecule has 4 rings (SSSR count). The van der Waals surface area contributed by atoms with E-state index in [9.17, 15) is 9.59 Å². The summed E-state index contributed by atoms with van der Waals surface area (Å²) in [4.78, 5) is 29.0. The van der Waals surface area contributed by atoms with Crippen molar-refractivity contribution in [2.24, 2.45) is 0 Å². The van der Waals surface area contributed by atoms with Crippen molar-refractivity contribution >= 4 is 11.9 Å². The molecule has 2 aromatic carbocycles. The number of hydrogen-bond acceptors (Lipinski definition) is 4. The van der Waals surface area contributed by atoms with Gasteiger partial charge in [0.25, 0.3) is 0 Å². The number of morpholine rings is 1. The monoisotopic (exact) mass is 422 g/mol. The van der Waals surface area contributed by atoms with Gasteiger partial charge in [0.1, 0.15) is 0 Å². The molecule has 2 aliphatic rings. The highest BCUT2D eigenvalue weighted by molar-refractivity contribution is 5.84. The third kappa shape index (κ3) is 5.83. The fourth-order valence-corrected chi connectivity index (χ4v) is 4.10. The molecular weight excluding hydrogens is 392 g/mol. The van der Waals surface area contributed by atoms with Gasteiger partial charge in [-0.2, -0.15) is 0 Å². The highest BCUT2D eigenvalue weighted by Gasteiger charge is 2.20. The van der Waals surface area contributed by atoms with E-state index in [0.29, 0.717) is 19.6 Å². The predicted octanol–water partition coefficient (Wildman–Crippen LogP) is 1.90. The Labute approximate surface area is 183 Å². The van der Waals surface area contributed by atoms with E-state index in [1.165, 1.54) is 16.7 Å². The van der Waals surface area contributed by atoms with Crippen LogP contribution in [0, 0.1) is 0 Å². The summed E-state index contributed by atoms with van der Waals surface area (Å²) in [6.45, 7) is 5.94. The van der Waals surface area contributed by atoms with E-state index in [4.69, 9.17) is 4.74 Å². The van der Waals surface area contributed by atoms with Gasteiger partial charge in [-0.3, -0.25) is 9.69 Å². The van der Waals surface area contributed by atoms with E-state index in [1.807, 2.05) is 30.3 Å². The molecule has 0 bridgehead atoms. The van der Waals surface area contributed by atoms with Gasteiger partial charge in [-0.25, -0.2) is 4.79 Å². The van der Waals surface area contributed by atoms with Crippen LogP contribution in [-0.4, -0.2) is 61.1 Å². The van der Waals surface area contributed by atoms with Crippen LogP contribution in [0.4, 0.5) is 4.79 Å².